The van der Waals surface area contributed by atoms with Crippen molar-refractivity contribution in [3.05, 3.63) is 173 Å². The SMILES string of the molecule is CC(=O)N[C@@H](Cc1cc(F)cc(F)c1)[C@H](O)CNC1(c2cccc(I)c2)CCc2nn(C)cc2C1.CC(C)(C)OC(=O)N[C@@H](Cc1cc(F)cc(F)c1)[C@H]1CO1.CON(C(C)=O)C(C)=O.Cn1cc2c(n1)CCC(N)(c1cccc(I)c1)C2. The predicted molar refractivity (Wildman–Crippen MR) is 321 cm³/mol. The van der Waals surface area contributed by atoms with Crippen molar-refractivity contribution < 1.29 is 56.2 Å². The quantitative estimate of drug-likeness (QED) is 0.0300. The van der Waals surface area contributed by atoms with Crippen molar-refractivity contribution in [2.24, 2.45) is 19.8 Å². The van der Waals surface area contributed by atoms with Gasteiger partial charge in [-0.25, -0.2) is 22.4 Å². The van der Waals surface area contributed by atoms with Gasteiger partial charge in [-0.05, 0) is 199 Å². The molecule has 2 aliphatic carbocycles. The molecular formula is C60H73F4I2N9O8. The summed E-state index contributed by atoms with van der Waals surface area (Å²) in [7, 11) is 5.15. The van der Waals surface area contributed by atoms with E-state index in [1.165, 1.54) is 72.5 Å². The standard InChI is InChI=1S/C26H29F2IN4O2.C15H19F2NO3.C14H16IN3.C5H9NO3/c1-16(34)31-24(10-17-8-20(27)12-21(28)9-17)25(35)14-30-26(19-4-3-5-22(29)11-19)7-6-23-18(13-26)15-33(2)32-23;1-15(2,3)21-14(19)18-12(13-8-20-13)6-9-4-10(16)7-11(17)5-9;1-18-9-10-8-14(16,6-5-13(10)17-18)11-3-2-4-12(15)7-11;1-4(7)6(9-3)5(2)8/h3-5,8-9,11-12,15,24-25,30,35H,6-7,10,13-14H2,1-2H3,(H,31,34);4-5,7,12-13H,6,8H2,1-3H3,(H,18,19);2-4,7,9H,5-6,8,16H2,1H3;1-3H3/t24-,25+,26?;12-,13+;;/m00../s1. The van der Waals surface area contributed by atoms with Gasteiger partial charge in [0.1, 0.15) is 35.0 Å². The molecule has 17 nitrogen and oxygen atoms in total. The summed E-state index contributed by atoms with van der Waals surface area (Å²) in [5.41, 5.74) is 13.3. The van der Waals surface area contributed by atoms with Crippen LogP contribution in [0.5, 0.6) is 0 Å². The first-order chi connectivity index (χ1) is 39.0. The van der Waals surface area contributed by atoms with Crippen LogP contribution in [0.25, 0.3) is 0 Å². The molecule has 0 radical (unpaired) electrons. The number of aryl methyl sites for hydroxylation is 4. The molecule has 1 saturated heterocycles. The first-order valence-corrected chi connectivity index (χ1v) is 29.1. The number of hydroxylamine groups is 2. The zero-order valence-corrected chi connectivity index (χ0v) is 52.3. The molecular weight excluding hydrogens is 1300 g/mol. The van der Waals surface area contributed by atoms with E-state index in [9.17, 15) is 41.8 Å². The van der Waals surface area contributed by atoms with Gasteiger partial charge in [-0.2, -0.15) is 15.3 Å². The number of carbonyl (C=O) groups is 4. The van der Waals surface area contributed by atoms with Gasteiger partial charge in [-0.3, -0.25) is 28.6 Å². The van der Waals surface area contributed by atoms with Crippen molar-refractivity contribution in [1.82, 2.24) is 40.6 Å². The van der Waals surface area contributed by atoms with Gasteiger partial charge in [0.25, 0.3) is 0 Å². The summed E-state index contributed by atoms with van der Waals surface area (Å²) in [4.78, 5) is 48.8. The normalized spacial score (nSPS) is 18.8. The van der Waals surface area contributed by atoms with Crippen molar-refractivity contribution in [3.63, 3.8) is 0 Å². The van der Waals surface area contributed by atoms with E-state index in [0.29, 0.717) is 29.2 Å². The zero-order chi connectivity index (χ0) is 61.0. The minimum absolute atomic E-state index is 0.0973. The van der Waals surface area contributed by atoms with E-state index in [1.54, 1.807) is 20.8 Å². The lowest BCUT2D eigenvalue weighted by molar-refractivity contribution is -0.184. The van der Waals surface area contributed by atoms with Crippen molar-refractivity contribution in [2.45, 2.75) is 134 Å². The predicted octanol–water partition coefficient (Wildman–Crippen LogP) is 8.49. The third-order valence-electron chi connectivity index (χ3n) is 13.9. The highest BCUT2D eigenvalue weighted by atomic mass is 127. The maximum Gasteiger partial charge on any atom is 0.407 e. The maximum atomic E-state index is 13.7. The number of alkyl carbamates (subject to hydrolysis) is 1. The van der Waals surface area contributed by atoms with Crippen LogP contribution >= 0.6 is 45.2 Å². The number of imide groups is 1. The van der Waals surface area contributed by atoms with Gasteiger partial charge in [0.2, 0.25) is 17.7 Å². The lowest BCUT2D eigenvalue weighted by atomic mass is 9.75. The molecule has 0 bridgehead atoms. The Labute approximate surface area is 509 Å². The third-order valence-corrected chi connectivity index (χ3v) is 15.2. The second-order valence-electron chi connectivity index (χ2n) is 22.0. The number of aliphatic hydroxyl groups excluding tert-OH is 1. The molecule has 83 heavy (non-hydrogen) atoms. The minimum Gasteiger partial charge on any atom is -0.444 e. The smallest absolute Gasteiger partial charge is 0.407 e. The molecule has 2 aromatic heterocycles. The fraction of sp³-hybridized carbons (Fsp3) is 0.433. The van der Waals surface area contributed by atoms with E-state index in [4.69, 9.17) is 15.2 Å². The van der Waals surface area contributed by atoms with Crippen LogP contribution in [0.1, 0.15) is 99.2 Å². The van der Waals surface area contributed by atoms with Crippen molar-refractivity contribution in [2.75, 3.05) is 20.3 Å². The molecule has 1 aliphatic heterocycles. The average molecular weight is 1380 g/mol. The largest absolute Gasteiger partial charge is 0.444 e. The van der Waals surface area contributed by atoms with E-state index < -0.39 is 64.5 Å². The van der Waals surface area contributed by atoms with Crippen LogP contribution in [0.2, 0.25) is 0 Å². The number of ether oxygens (including phenoxy) is 2. The van der Waals surface area contributed by atoms with Crippen LogP contribution in [0.4, 0.5) is 22.4 Å². The Balaban J connectivity index is 0.000000196. The van der Waals surface area contributed by atoms with Crippen LogP contribution in [0.15, 0.2) is 97.3 Å². The molecule has 1 fully saturated rings. The fourth-order valence-corrected chi connectivity index (χ4v) is 11.3. The number of fused-ring (bicyclic) bond motifs is 2. The molecule has 6 aromatic rings. The number of benzene rings is 4. The monoisotopic (exact) mass is 1380 g/mol. The van der Waals surface area contributed by atoms with E-state index in [2.05, 4.69) is 119 Å². The number of halogens is 6. The lowest BCUT2D eigenvalue weighted by Gasteiger charge is -2.40. The third kappa shape index (κ3) is 20.2. The summed E-state index contributed by atoms with van der Waals surface area (Å²) >= 11 is 4.63. The van der Waals surface area contributed by atoms with Crippen LogP contribution in [-0.4, -0.2) is 104 Å². The molecule has 4 aromatic carbocycles. The highest BCUT2D eigenvalue weighted by Gasteiger charge is 2.39. The molecule has 448 valence electrons. The summed E-state index contributed by atoms with van der Waals surface area (Å²) in [5, 5.41) is 29.9. The van der Waals surface area contributed by atoms with E-state index in [-0.39, 0.29) is 43.0 Å². The molecule has 2 unspecified atom stereocenters. The lowest BCUT2D eigenvalue weighted by Crippen LogP contribution is -2.54. The summed E-state index contributed by atoms with van der Waals surface area (Å²) in [6.07, 6.45) is 7.93. The number of nitrogens with one attached hydrogen (secondary N) is 3. The Morgan fingerprint density at radius 2 is 1.27 bits per heavy atom. The number of hydrogen-bond donors (Lipinski definition) is 5. The Kier molecular flexibility index (Phi) is 23.4. The number of aromatic nitrogens is 4. The van der Waals surface area contributed by atoms with Gasteiger partial charge in [0.05, 0.1) is 43.3 Å². The molecule has 9 rings (SSSR count). The van der Waals surface area contributed by atoms with E-state index in [1.807, 2.05) is 41.8 Å². The first-order valence-electron chi connectivity index (χ1n) is 26.9. The number of nitrogens with two attached hydrogens (primary N) is 1. The Bertz CT molecular complexity index is 3170. The summed E-state index contributed by atoms with van der Waals surface area (Å²) in [6.45, 7) is 9.85. The number of carbonyl (C=O) groups excluding carboxylic acids is 4. The molecule has 6 N–H and O–H groups in total. The molecule has 23 heteroatoms. The number of hydrogen-bond acceptors (Lipinski definition) is 12. The average Bonchev–Trinajstić information content (AvgIpc) is 4.20. The highest BCUT2D eigenvalue weighted by molar-refractivity contribution is 14.1. The van der Waals surface area contributed by atoms with E-state index >= 15 is 0 Å². The van der Waals surface area contributed by atoms with Gasteiger partial charge >= 0.3 is 6.09 Å². The number of amides is 4. The first kappa shape index (κ1) is 66.3. The summed E-state index contributed by atoms with van der Waals surface area (Å²) in [5.74, 6) is -3.82. The van der Waals surface area contributed by atoms with Crippen molar-refractivity contribution in [1.29, 1.82) is 0 Å². The van der Waals surface area contributed by atoms with Gasteiger partial charge in [-0.15, -0.1) is 0 Å². The fourth-order valence-electron chi connectivity index (χ4n) is 10.2. The second-order valence-corrected chi connectivity index (χ2v) is 24.5. The second kappa shape index (κ2) is 29.3. The van der Waals surface area contributed by atoms with Crippen molar-refractivity contribution >= 4 is 69.0 Å². The summed E-state index contributed by atoms with van der Waals surface area (Å²) < 4.78 is 70.3. The number of epoxide rings is 1. The Morgan fingerprint density at radius 3 is 1.73 bits per heavy atom. The van der Waals surface area contributed by atoms with E-state index in [0.717, 1.165) is 64.6 Å². The summed E-state index contributed by atoms with van der Waals surface area (Å²) in [6, 6.07) is 22.3. The molecule has 4 amide bonds. The van der Waals surface area contributed by atoms with Gasteiger partial charge < -0.3 is 36.3 Å². The van der Waals surface area contributed by atoms with Gasteiger partial charge in [0, 0.05) is 84.2 Å². The zero-order valence-electron chi connectivity index (χ0n) is 48.0. The topological polar surface area (TPSA) is 220 Å². The number of rotatable bonds is 14. The van der Waals surface area contributed by atoms with Crippen LogP contribution in [0, 0.1) is 30.4 Å². The Hall–Kier alpha value is -5.84. The molecule has 0 saturated carbocycles. The van der Waals surface area contributed by atoms with Crippen LogP contribution in [-0.2, 0) is 92.4 Å². The maximum absolute atomic E-state index is 13.7. The number of aliphatic hydroxyl groups is 1. The van der Waals surface area contributed by atoms with Gasteiger partial charge in [-0.1, -0.05) is 24.3 Å². The number of nitrogens with zero attached hydrogens (tertiary/aromatic N) is 5. The van der Waals surface area contributed by atoms with Gasteiger partial charge in [0.15, 0.2) is 0 Å². The molecule has 3 heterocycles. The molecule has 6 atom stereocenters. The van der Waals surface area contributed by atoms with Crippen molar-refractivity contribution in [3.8, 4) is 0 Å². The molecule has 3 aliphatic rings. The van der Waals surface area contributed by atoms with Crippen LogP contribution in [0.3, 0.4) is 0 Å². The Morgan fingerprint density at radius 1 is 0.771 bits per heavy atom. The van der Waals surface area contributed by atoms with Crippen LogP contribution < -0.4 is 21.7 Å². The minimum atomic E-state index is -0.986. The highest BCUT2D eigenvalue weighted by Crippen LogP contribution is 2.38. The molecule has 0 spiro atoms.